The first-order valence-corrected chi connectivity index (χ1v) is 6.64. The Morgan fingerprint density at radius 1 is 1.53 bits per heavy atom. The van der Waals surface area contributed by atoms with Gasteiger partial charge in [0.15, 0.2) is 0 Å². The van der Waals surface area contributed by atoms with Crippen LogP contribution >= 0.6 is 11.8 Å². The number of rotatable bonds is 6. The van der Waals surface area contributed by atoms with Crippen LogP contribution in [-0.2, 0) is 14.3 Å². The lowest BCUT2D eigenvalue weighted by atomic mass is 10.2. The third-order valence-electron chi connectivity index (χ3n) is 2.46. The number of hydrogen-bond donors (Lipinski definition) is 2. The normalized spacial score (nSPS) is 20.3. The predicted molar refractivity (Wildman–Crippen MR) is 64.5 cm³/mol. The summed E-state index contributed by atoms with van der Waals surface area (Å²) in [6, 6.07) is -0.239. The van der Waals surface area contributed by atoms with Crippen LogP contribution in [0.1, 0.15) is 6.42 Å². The molecule has 0 saturated carbocycles. The van der Waals surface area contributed by atoms with E-state index in [1.165, 1.54) is 11.8 Å². The second-order valence-electron chi connectivity index (χ2n) is 3.77. The number of carbonyl (C=O) groups excluding carboxylic acids is 2. The number of hydrogen-bond acceptors (Lipinski definition) is 5. The SMILES string of the molecule is NC(=O)CSCCC(=O)N1CCOCC1CO. The van der Waals surface area contributed by atoms with Crippen LogP contribution < -0.4 is 5.73 Å². The average molecular weight is 262 g/mol. The zero-order valence-electron chi connectivity index (χ0n) is 9.63. The van der Waals surface area contributed by atoms with E-state index in [4.69, 9.17) is 15.6 Å². The van der Waals surface area contributed by atoms with Crippen molar-refractivity contribution in [2.45, 2.75) is 12.5 Å². The Bertz CT molecular complexity index is 275. The van der Waals surface area contributed by atoms with Crippen molar-refractivity contribution in [3.63, 3.8) is 0 Å². The van der Waals surface area contributed by atoms with E-state index >= 15 is 0 Å². The van der Waals surface area contributed by atoms with Gasteiger partial charge in [0.1, 0.15) is 0 Å². The van der Waals surface area contributed by atoms with Gasteiger partial charge in [-0.15, -0.1) is 0 Å². The molecule has 6 nitrogen and oxygen atoms in total. The Kier molecular flexibility index (Phi) is 6.31. The van der Waals surface area contributed by atoms with Crippen molar-refractivity contribution in [2.75, 3.05) is 37.9 Å². The summed E-state index contributed by atoms with van der Waals surface area (Å²) in [5.74, 6) is 0.420. The number of aliphatic hydroxyl groups is 1. The standard InChI is InChI=1S/C10H18N2O4S/c11-9(14)7-17-4-1-10(15)12-2-3-16-6-8(12)5-13/h8,13H,1-7H2,(H2,11,14). The fourth-order valence-electron chi connectivity index (χ4n) is 1.61. The average Bonchev–Trinajstić information content (AvgIpc) is 2.34. The van der Waals surface area contributed by atoms with Gasteiger partial charge in [0.2, 0.25) is 11.8 Å². The second-order valence-corrected chi connectivity index (χ2v) is 4.87. The molecule has 1 unspecified atom stereocenters. The van der Waals surface area contributed by atoms with E-state index in [-0.39, 0.29) is 30.2 Å². The molecule has 0 aromatic carbocycles. The molecule has 1 fully saturated rings. The number of ether oxygens (including phenoxy) is 1. The molecule has 1 atom stereocenters. The van der Waals surface area contributed by atoms with Crippen molar-refractivity contribution in [1.82, 2.24) is 4.90 Å². The first-order chi connectivity index (χ1) is 8.15. The smallest absolute Gasteiger partial charge is 0.227 e. The maximum Gasteiger partial charge on any atom is 0.227 e. The molecule has 98 valence electrons. The van der Waals surface area contributed by atoms with Gasteiger partial charge in [0.05, 0.1) is 31.6 Å². The summed E-state index contributed by atoms with van der Waals surface area (Å²) in [6.45, 7) is 1.33. The Labute approximate surface area is 104 Å². The van der Waals surface area contributed by atoms with Crippen LogP contribution in [0, 0.1) is 0 Å². The molecule has 1 saturated heterocycles. The molecule has 0 spiro atoms. The van der Waals surface area contributed by atoms with E-state index in [0.29, 0.717) is 31.9 Å². The zero-order valence-corrected chi connectivity index (χ0v) is 10.4. The van der Waals surface area contributed by atoms with Gasteiger partial charge >= 0.3 is 0 Å². The molecule has 1 rings (SSSR count). The van der Waals surface area contributed by atoms with Crippen LogP contribution in [0.15, 0.2) is 0 Å². The molecule has 0 bridgehead atoms. The molecule has 0 radical (unpaired) electrons. The second kappa shape index (κ2) is 7.52. The maximum absolute atomic E-state index is 11.8. The summed E-state index contributed by atoms with van der Waals surface area (Å²) in [5.41, 5.74) is 4.99. The molecule has 17 heavy (non-hydrogen) atoms. The van der Waals surface area contributed by atoms with Crippen LogP contribution in [0.2, 0.25) is 0 Å². The van der Waals surface area contributed by atoms with Crippen LogP contribution in [0.25, 0.3) is 0 Å². The van der Waals surface area contributed by atoms with Crippen molar-refractivity contribution in [3.05, 3.63) is 0 Å². The number of nitrogens with zero attached hydrogens (tertiary/aromatic N) is 1. The van der Waals surface area contributed by atoms with Crippen LogP contribution in [0.3, 0.4) is 0 Å². The van der Waals surface area contributed by atoms with Gasteiger partial charge in [-0.1, -0.05) is 0 Å². The monoisotopic (exact) mass is 262 g/mol. The van der Waals surface area contributed by atoms with Crippen molar-refractivity contribution >= 4 is 23.6 Å². The molecule has 7 heteroatoms. The van der Waals surface area contributed by atoms with Gasteiger partial charge in [-0.25, -0.2) is 0 Å². The number of nitrogens with two attached hydrogens (primary N) is 1. The predicted octanol–water partition coefficient (Wildman–Crippen LogP) is -1.19. The van der Waals surface area contributed by atoms with Gasteiger partial charge in [-0.2, -0.15) is 11.8 Å². The maximum atomic E-state index is 11.8. The Morgan fingerprint density at radius 3 is 2.94 bits per heavy atom. The summed E-state index contributed by atoms with van der Waals surface area (Å²) in [7, 11) is 0. The number of thioether (sulfide) groups is 1. The fourth-order valence-corrected chi connectivity index (χ4v) is 2.27. The molecule has 0 aromatic heterocycles. The molecular formula is C10H18N2O4S. The molecule has 0 aliphatic carbocycles. The molecule has 3 N–H and O–H groups in total. The minimum Gasteiger partial charge on any atom is -0.394 e. The van der Waals surface area contributed by atoms with Crippen LogP contribution in [0.5, 0.6) is 0 Å². The van der Waals surface area contributed by atoms with Gasteiger partial charge in [-0.3, -0.25) is 9.59 Å². The number of primary amides is 1. The summed E-state index contributed by atoms with van der Waals surface area (Å²) in [6.07, 6.45) is 0.356. The van der Waals surface area contributed by atoms with Gasteiger partial charge < -0.3 is 20.5 Å². The highest BCUT2D eigenvalue weighted by atomic mass is 32.2. The minimum absolute atomic E-state index is 0.00989. The molecule has 2 amide bonds. The quantitative estimate of drug-likeness (QED) is 0.587. The van der Waals surface area contributed by atoms with Gasteiger partial charge in [0.25, 0.3) is 0 Å². The van der Waals surface area contributed by atoms with Crippen molar-refractivity contribution in [1.29, 1.82) is 0 Å². The lowest BCUT2D eigenvalue weighted by Crippen LogP contribution is -2.50. The topological polar surface area (TPSA) is 92.9 Å². The summed E-state index contributed by atoms with van der Waals surface area (Å²) in [5, 5.41) is 9.11. The van der Waals surface area contributed by atoms with Crippen LogP contribution in [0.4, 0.5) is 0 Å². The van der Waals surface area contributed by atoms with Crippen molar-refractivity contribution in [3.8, 4) is 0 Å². The van der Waals surface area contributed by atoms with Gasteiger partial charge in [-0.05, 0) is 0 Å². The van der Waals surface area contributed by atoms with E-state index in [1.807, 2.05) is 0 Å². The lowest BCUT2D eigenvalue weighted by Gasteiger charge is -2.34. The molecular weight excluding hydrogens is 244 g/mol. The highest BCUT2D eigenvalue weighted by molar-refractivity contribution is 7.99. The van der Waals surface area contributed by atoms with E-state index in [9.17, 15) is 9.59 Å². The molecule has 0 aromatic rings. The largest absolute Gasteiger partial charge is 0.394 e. The van der Waals surface area contributed by atoms with E-state index in [2.05, 4.69) is 0 Å². The third-order valence-corrected chi connectivity index (χ3v) is 3.44. The fraction of sp³-hybridized carbons (Fsp3) is 0.800. The third kappa shape index (κ3) is 4.93. The number of morpholine rings is 1. The Hall–Kier alpha value is -0.790. The van der Waals surface area contributed by atoms with Gasteiger partial charge in [0, 0.05) is 18.7 Å². The molecule has 1 heterocycles. The summed E-state index contributed by atoms with van der Waals surface area (Å²) >= 11 is 1.35. The van der Waals surface area contributed by atoms with E-state index in [0.717, 1.165) is 0 Å². The van der Waals surface area contributed by atoms with Crippen molar-refractivity contribution < 1.29 is 19.4 Å². The molecule has 1 aliphatic rings. The number of aliphatic hydroxyl groups excluding tert-OH is 1. The van der Waals surface area contributed by atoms with Crippen molar-refractivity contribution in [2.24, 2.45) is 5.73 Å². The summed E-state index contributed by atoms with van der Waals surface area (Å²) in [4.78, 5) is 24.0. The summed E-state index contributed by atoms with van der Waals surface area (Å²) < 4.78 is 5.19. The van der Waals surface area contributed by atoms with Crippen LogP contribution in [-0.4, -0.2) is 65.7 Å². The first kappa shape index (κ1) is 14.3. The first-order valence-electron chi connectivity index (χ1n) is 5.49. The Morgan fingerprint density at radius 2 is 2.29 bits per heavy atom. The minimum atomic E-state index is -0.373. The van der Waals surface area contributed by atoms with E-state index < -0.39 is 0 Å². The number of amides is 2. The zero-order chi connectivity index (χ0) is 12.7. The van der Waals surface area contributed by atoms with E-state index in [1.54, 1.807) is 4.90 Å². The highest BCUT2D eigenvalue weighted by Crippen LogP contribution is 2.10. The highest BCUT2D eigenvalue weighted by Gasteiger charge is 2.26. The lowest BCUT2D eigenvalue weighted by molar-refractivity contribution is -0.141. The molecule has 1 aliphatic heterocycles. The number of carbonyl (C=O) groups is 2. The Balaban J connectivity index is 2.27.